The van der Waals surface area contributed by atoms with Gasteiger partial charge in [-0.15, -0.1) is 12.4 Å². The maximum absolute atomic E-state index is 13.3. The van der Waals surface area contributed by atoms with Gasteiger partial charge in [-0.2, -0.15) is 0 Å². The molecule has 2 aromatic carbocycles. The molecule has 0 radical (unpaired) electrons. The normalized spacial score (nSPS) is 23.5. The number of halogens is 3. The van der Waals surface area contributed by atoms with E-state index in [-0.39, 0.29) is 24.4 Å². The molecule has 2 aromatic rings. The van der Waals surface area contributed by atoms with Crippen LogP contribution in [0.25, 0.3) is 0 Å². The molecule has 25 heavy (non-hydrogen) atoms. The van der Waals surface area contributed by atoms with Gasteiger partial charge in [0.2, 0.25) is 0 Å². The average Bonchev–Trinajstić information content (AvgIpc) is 3.22. The van der Waals surface area contributed by atoms with Gasteiger partial charge >= 0.3 is 0 Å². The molecule has 5 rings (SSSR count). The quantitative estimate of drug-likeness (QED) is 0.737. The maximum Gasteiger partial charge on any atom is 0.134 e. The van der Waals surface area contributed by atoms with Crippen LogP contribution in [0.2, 0.25) is 5.02 Å². The summed E-state index contributed by atoms with van der Waals surface area (Å²) >= 11 is 6.22. The molecule has 0 aliphatic carbocycles. The first-order valence-electron chi connectivity index (χ1n) is 8.35. The van der Waals surface area contributed by atoms with Crippen LogP contribution in [0.1, 0.15) is 23.5 Å². The van der Waals surface area contributed by atoms with E-state index < -0.39 is 0 Å². The zero-order chi connectivity index (χ0) is 16.3. The fourth-order valence-corrected chi connectivity index (χ4v) is 4.54. The van der Waals surface area contributed by atoms with Crippen molar-refractivity contribution in [1.29, 1.82) is 0 Å². The molecular weight excluding hydrogens is 360 g/mol. The Bertz CT molecular complexity index is 837. The van der Waals surface area contributed by atoms with Crippen molar-refractivity contribution >= 4 is 35.5 Å². The molecule has 6 heteroatoms. The zero-order valence-electron chi connectivity index (χ0n) is 13.5. The summed E-state index contributed by atoms with van der Waals surface area (Å²) in [7, 11) is 0. The van der Waals surface area contributed by atoms with Crippen LogP contribution in [0.4, 0.5) is 10.1 Å². The standard InChI is InChI=1S/C19H17ClFN3.ClH/c20-13-3-6-17-16(11-13)18-22-8-10-24(18)19-15(7-9-23(17)19)12-1-4-14(21)5-2-12;/h1-6,11,15,19H,7-10H2;1H. The molecule has 3 aliphatic rings. The monoisotopic (exact) mass is 377 g/mol. The van der Waals surface area contributed by atoms with Crippen LogP contribution in [0, 0.1) is 5.82 Å². The van der Waals surface area contributed by atoms with Crippen molar-refractivity contribution in [3.05, 3.63) is 64.4 Å². The minimum Gasteiger partial charge on any atom is -0.350 e. The van der Waals surface area contributed by atoms with E-state index in [0.717, 1.165) is 42.5 Å². The van der Waals surface area contributed by atoms with Gasteiger partial charge in [0.05, 0.1) is 6.54 Å². The van der Waals surface area contributed by atoms with Crippen molar-refractivity contribution in [3.8, 4) is 0 Å². The Hall–Kier alpha value is -1.78. The topological polar surface area (TPSA) is 18.8 Å². The Morgan fingerprint density at radius 1 is 1.04 bits per heavy atom. The van der Waals surface area contributed by atoms with Crippen LogP contribution in [0.5, 0.6) is 0 Å². The highest BCUT2D eigenvalue weighted by atomic mass is 35.5. The number of nitrogens with zero attached hydrogens (tertiary/aromatic N) is 3. The SMILES string of the molecule is Cl.Fc1ccc(C2CCN3c4ccc(Cl)cc4C4=NCCN4C23)cc1. The number of anilines is 1. The number of aliphatic imine (C=N–C) groups is 1. The summed E-state index contributed by atoms with van der Waals surface area (Å²) in [6.45, 7) is 2.74. The first-order chi connectivity index (χ1) is 11.7. The van der Waals surface area contributed by atoms with Crippen molar-refractivity contribution in [1.82, 2.24) is 4.90 Å². The van der Waals surface area contributed by atoms with Gasteiger partial charge in [-0.05, 0) is 42.3 Å². The molecule has 0 saturated carbocycles. The highest BCUT2D eigenvalue weighted by Crippen LogP contribution is 2.44. The lowest BCUT2D eigenvalue weighted by atomic mass is 9.93. The lowest BCUT2D eigenvalue weighted by Crippen LogP contribution is -2.53. The number of rotatable bonds is 1. The van der Waals surface area contributed by atoms with E-state index in [1.165, 1.54) is 11.3 Å². The first-order valence-corrected chi connectivity index (χ1v) is 8.73. The van der Waals surface area contributed by atoms with Gasteiger partial charge in [-0.25, -0.2) is 4.39 Å². The van der Waals surface area contributed by atoms with Gasteiger partial charge in [0.15, 0.2) is 0 Å². The Morgan fingerprint density at radius 3 is 2.64 bits per heavy atom. The molecule has 1 saturated heterocycles. The van der Waals surface area contributed by atoms with E-state index in [2.05, 4.69) is 15.9 Å². The Labute approximate surface area is 157 Å². The molecule has 0 aromatic heterocycles. The van der Waals surface area contributed by atoms with Gasteiger partial charge in [0.1, 0.15) is 17.8 Å². The van der Waals surface area contributed by atoms with Gasteiger partial charge in [-0.1, -0.05) is 23.7 Å². The summed E-state index contributed by atoms with van der Waals surface area (Å²) in [5.74, 6) is 1.24. The molecule has 2 atom stereocenters. The molecule has 0 bridgehead atoms. The molecule has 0 spiro atoms. The van der Waals surface area contributed by atoms with Crippen molar-refractivity contribution in [3.63, 3.8) is 0 Å². The fraction of sp³-hybridized carbons (Fsp3) is 0.316. The lowest BCUT2D eigenvalue weighted by Gasteiger charge is -2.44. The third-order valence-corrected chi connectivity index (χ3v) is 5.60. The fourth-order valence-electron chi connectivity index (χ4n) is 4.37. The summed E-state index contributed by atoms with van der Waals surface area (Å²) in [4.78, 5) is 9.60. The summed E-state index contributed by atoms with van der Waals surface area (Å²) in [6.07, 6.45) is 1.31. The van der Waals surface area contributed by atoms with E-state index >= 15 is 0 Å². The largest absolute Gasteiger partial charge is 0.350 e. The van der Waals surface area contributed by atoms with E-state index in [1.54, 1.807) is 12.1 Å². The van der Waals surface area contributed by atoms with E-state index in [9.17, 15) is 4.39 Å². The smallest absolute Gasteiger partial charge is 0.134 e. The molecule has 130 valence electrons. The highest BCUT2D eigenvalue weighted by molar-refractivity contribution is 6.31. The summed E-state index contributed by atoms with van der Waals surface area (Å²) in [6, 6.07) is 13.1. The van der Waals surface area contributed by atoms with E-state index in [0.29, 0.717) is 5.92 Å². The van der Waals surface area contributed by atoms with Crippen LogP contribution in [-0.2, 0) is 0 Å². The van der Waals surface area contributed by atoms with Crippen LogP contribution < -0.4 is 4.90 Å². The van der Waals surface area contributed by atoms with Gasteiger partial charge < -0.3 is 9.80 Å². The van der Waals surface area contributed by atoms with Crippen molar-refractivity contribution in [2.75, 3.05) is 24.5 Å². The Morgan fingerprint density at radius 2 is 1.84 bits per heavy atom. The number of amidine groups is 1. The van der Waals surface area contributed by atoms with Gasteiger partial charge in [-0.3, -0.25) is 4.99 Å². The van der Waals surface area contributed by atoms with Crippen molar-refractivity contribution in [2.24, 2.45) is 4.99 Å². The van der Waals surface area contributed by atoms with E-state index in [1.807, 2.05) is 24.3 Å². The van der Waals surface area contributed by atoms with Crippen LogP contribution in [0.3, 0.4) is 0 Å². The van der Waals surface area contributed by atoms with Gasteiger partial charge in [0.25, 0.3) is 0 Å². The van der Waals surface area contributed by atoms with Crippen LogP contribution in [-0.4, -0.2) is 36.5 Å². The third-order valence-electron chi connectivity index (χ3n) is 5.36. The molecule has 0 N–H and O–H groups in total. The number of hydrogen-bond donors (Lipinski definition) is 0. The second-order valence-corrected chi connectivity index (χ2v) is 7.05. The van der Waals surface area contributed by atoms with Crippen LogP contribution in [0.15, 0.2) is 47.5 Å². The highest BCUT2D eigenvalue weighted by Gasteiger charge is 2.46. The lowest BCUT2D eigenvalue weighted by molar-refractivity contribution is 0.310. The maximum atomic E-state index is 13.3. The average molecular weight is 378 g/mol. The molecule has 2 unspecified atom stereocenters. The minimum absolute atomic E-state index is 0. The molecule has 3 aliphatic heterocycles. The minimum atomic E-state index is -0.180. The Balaban J connectivity index is 0.00000157. The number of benzene rings is 2. The molecule has 0 amide bonds. The van der Waals surface area contributed by atoms with Crippen LogP contribution >= 0.6 is 24.0 Å². The number of fused-ring (bicyclic) bond motifs is 6. The molecule has 3 heterocycles. The van der Waals surface area contributed by atoms with Crippen molar-refractivity contribution < 1.29 is 4.39 Å². The van der Waals surface area contributed by atoms with Gasteiger partial charge in [0, 0.05) is 35.3 Å². The Kier molecular flexibility index (Phi) is 4.13. The first kappa shape index (κ1) is 16.7. The molecular formula is C19H18Cl2FN3. The van der Waals surface area contributed by atoms with E-state index in [4.69, 9.17) is 16.6 Å². The van der Waals surface area contributed by atoms with Crippen molar-refractivity contribution in [2.45, 2.75) is 18.5 Å². The number of hydrogen-bond acceptors (Lipinski definition) is 3. The zero-order valence-corrected chi connectivity index (χ0v) is 15.1. The predicted octanol–water partition coefficient (Wildman–Crippen LogP) is 4.30. The summed E-state index contributed by atoms with van der Waals surface area (Å²) in [5.41, 5.74) is 3.55. The second kappa shape index (κ2) is 6.19. The summed E-state index contributed by atoms with van der Waals surface area (Å²) in [5, 5.41) is 0.746. The third kappa shape index (κ3) is 2.51. The molecule has 3 nitrogen and oxygen atoms in total. The second-order valence-electron chi connectivity index (χ2n) is 6.61. The summed E-state index contributed by atoms with van der Waals surface area (Å²) < 4.78 is 13.3. The predicted molar refractivity (Wildman–Crippen MR) is 102 cm³/mol. The molecule has 1 fully saturated rings.